The lowest BCUT2D eigenvalue weighted by atomic mass is 9.77. The van der Waals surface area contributed by atoms with E-state index in [1.165, 1.54) is 12.5 Å². The molecule has 5 heteroatoms. The molecule has 0 radical (unpaired) electrons. The van der Waals surface area contributed by atoms with E-state index in [4.69, 9.17) is 5.73 Å². The molecule has 1 saturated carbocycles. The maximum Gasteiger partial charge on any atom is 0.274 e. The van der Waals surface area contributed by atoms with Gasteiger partial charge in [-0.25, -0.2) is 0 Å². The lowest BCUT2D eigenvalue weighted by molar-refractivity contribution is -0.385. The molecular weight excluding hydrogens is 228 g/mol. The van der Waals surface area contributed by atoms with Crippen LogP contribution in [-0.4, -0.2) is 4.92 Å². The van der Waals surface area contributed by atoms with Crippen molar-refractivity contribution in [2.45, 2.75) is 25.3 Å². The first-order chi connectivity index (χ1) is 7.20. The summed E-state index contributed by atoms with van der Waals surface area (Å²) in [5, 5.41) is 10.8. The smallest absolute Gasteiger partial charge is 0.274 e. The van der Waals surface area contributed by atoms with E-state index in [-0.39, 0.29) is 29.1 Å². The number of hydrogen-bond donors (Lipinski definition) is 1. The predicted molar refractivity (Wildman–Crippen MR) is 64.6 cm³/mol. The summed E-state index contributed by atoms with van der Waals surface area (Å²) in [4.78, 5) is 10.5. The van der Waals surface area contributed by atoms with Crippen LogP contribution >= 0.6 is 12.4 Å². The van der Waals surface area contributed by atoms with Crippen LogP contribution < -0.4 is 5.73 Å². The number of nitro benzene ring substituents is 1. The summed E-state index contributed by atoms with van der Waals surface area (Å²) in [5.74, 6) is 0.422. The van der Waals surface area contributed by atoms with Crippen LogP contribution in [0.1, 0.15) is 30.9 Å². The van der Waals surface area contributed by atoms with Gasteiger partial charge in [-0.05, 0) is 18.8 Å². The number of halogens is 1. The van der Waals surface area contributed by atoms with E-state index in [2.05, 4.69) is 0 Å². The van der Waals surface area contributed by atoms with Crippen molar-refractivity contribution in [1.82, 2.24) is 0 Å². The molecule has 0 heterocycles. The van der Waals surface area contributed by atoms with E-state index in [9.17, 15) is 10.1 Å². The summed E-state index contributed by atoms with van der Waals surface area (Å²) in [6.07, 6.45) is 3.37. The first-order valence-electron chi connectivity index (χ1n) is 5.19. The molecule has 1 atom stereocenters. The molecule has 1 aromatic carbocycles. The Labute approximate surface area is 100 Å². The SMILES string of the molecule is Cl.N[C@H](c1ccccc1[N+](=O)[O-])C1CCC1. The Kier molecular flexibility index (Phi) is 4.26. The molecule has 1 aromatic rings. The van der Waals surface area contributed by atoms with Gasteiger partial charge in [0, 0.05) is 17.7 Å². The zero-order valence-electron chi connectivity index (χ0n) is 8.83. The zero-order valence-corrected chi connectivity index (χ0v) is 9.65. The predicted octanol–water partition coefficient (Wildman–Crippen LogP) is 2.82. The summed E-state index contributed by atoms with van der Waals surface area (Å²) < 4.78 is 0. The van der Waals surface area contributed by atoms with Gasteiger partial charge in [0.15, 0.2) is 0 Å². The number of nitrogens with zero attached hydrogens (tertiary/aromatic N) is 1. The summed E-state index contributed by atoms with van der Waals surface area (Å²) in [7, 11) is 0. The molecule has 0 spiro atoms. The Morgan fingerprint density at radius 3 is 2.50 bits per heavy atom. The zero-order chi connectivity index (χ0) is 10.8. The van der Waals surface area contributed by atoms with Crippen LogP contribution in [0.5, 0.6) is 0 Å². The molecule has 0 aliphatic heterocycles. The van der Waals surface area contributed by atoms with Crippen molar-refractivity contribution in [2.75, 3.05) is 0 Å². The molecule has 16 heavy (non-hydrogen) atoms. The van der Waals surface area contributed by atoms with E-state index >= 15 is 0 Å². The minimum absolute atomic E-state index is 0. The van der Waals surface area contributed by atoms with Gasteiger partial charge in [0.05, 0.1) is 4.92 Å². The topological polar surface area (TPSA) is 69.2 Å². The van der Waals surface area contributed by atoms with Crippen molar-refractivity contribution in [1.29, 1.82) is 0 Å². The van der Waals surface area contributed by atoms with Crippen molar-refractivity contribution in [3.05, 3.63) is 39.9 Å². The normalized spacial score (nSPS) is 17.1. The Hall–Kier alpha value is -1.13. The summed E-state index contributed by atoms with van der Waals surface area (Å²) in [6.45, 7) is 0. The van der Waals surface area contributed by atoms with Gasteiger partial charge in [-0.3, -0.25) is 10.1 Å². The highest BCUT2D eigenvalue weighted by atomic mass is 35.5. The van der Waals surface area contributed by atoms with E-state index in [0.717, 1.165) is 12.8 Å². The minimum atomic E-state index is -0.353. The third-order valence-corrected chi connectivity index (χ3v) is 3.15. The van der Waals surface area contributed by atoms with Crippen LogP contribution in [0.2, 0.25) is 0 Å². The van der Waals surface area contributed by atoms with Crippen LogP contribution in [0, 0.1) is 16.0 Å². The van der Waals surface area contributed by atoms with Gasteiger partial charge in [-0.2, -0.15) is 0 Å². The fraction of sp³-hybridized carbons (Fsp3) is 0.455. The van der Waals surface area contributed by atoms with Crippen molar-refractivity contribution in [2.24, 2.45) is 11.7 Å². The maximum atomic E-state index is 10.8. The van der Waals surface area contributed by atoms with Crippen LogP contribution in [0.3, 0.4) is 0 Å². The molecule has 1 aliphatic rings. The van der Waals surface area contributed by atoms with Gasteiger partial charge in [0.2, 0.25) is 0 Å². The summed E-state index contributed by atoms with van der Waals surface area (Å²) in [5.41, 5.74) is 6.86. The number of para-hydroxylation sites is 1. The first-order valence-corrected chi connectivity index (χ1v) is 5.19. The molecule has 2 rings (SSSR count). The first kappa shape index (κ1) is 12.9. The largest absolute Gasteiger partial charge is 0.324 e. The molecule has 4 nitrogen and oxygen atoms in total. The lowest BCUT2D eigenvalue weighted by Gasteiger charge is -2.31. The Balaban J connectivity index is 0.00000128. The van der Waals surface area contributed by atoms with Crippen molar-refractivity contribution in [3.8, 4) is 0 Å². The summed E-state index contributed by atoms with van der Waals surface area (Å²) in [6, 6.07) is 6.59. The minimum Gasteiger partial charge on any atom is -0.324 e. The summed E-state index contributed by atoms with van der Waals surface area (Å²) >= 11 is 0. The molecule has 1 fully saturated rings. The molecular formula is C11H15ClN2O2. The van der Waals surface area contributed by atoms with Crippen LogP contribution in [0.4, 0.5) is 5.69 Å². The molecule has 0 saturated heterocycles. The number of rotatable bonds is 3. The average molecular weight is 243 g/mol. The van der Waals surface area contributed by atoms with Crippen molar-refractivity contribution in [3.63, 3.8) is 0 Å². The monoisotopic (exact) mass is 242 g/mol. The van der Waals surface area contributed by atoms with Crippen LogP contribution in [0.15, 0.2) is 24.3 Å². The molecule has 2 N–H and O–H groups in total. The van der Waals surface area contributed by atoms with Gasteiger partial charge in [-0.15, -0.1) is 12.4 Å². The fourth-order valence-electron chi connectivity index (χ4n) is 1.99. The second-order valence-corrected chi connectivity index (χ2v) is 4.03. The number of benzene rings is 1. The number of nitrogens with two attached hydrogens (primary N) is 1. The Morgan fingerprint density at radius 1 is 1.38 bits per heavy atom. The van der Waals surface area contributed by atoms with E-state index in [1.807, 2.05) is 0 Å². The van der Waals surface area contributed by atoms with E-state index < -0.39 is 0 Å². The highest BCUT2D eigenvalue weighted by Crippen LogP contribution is 2.38. The number of nitro groups is 1. The molecule has 88 valence electrons. The van der Waals surface area contributed by atoms with Gasteiger partial charge in [0.1, 0.15) is 0 Å². The third-order valence-electron chi connectivity index (χ3n) is 3.15. The molecule has 1 aliphatic carbocycles. The quantitative estimate of drug-likeness (QED) is 0.655. The lowest BCUT2D eigenvalue weighted by Crippen LogP contribution is -2.27. The molecule has 0 unspecified atom stereocenters. The second kappa shape index (κ2) is 5.27. The van der Waals surface area contributed by atoms with Gasteiger partial charge >= 0.3 is 0 Å². The van der Waals surface area contributed by atoms with Gasteiger partial charge in [0.25, 0.3) is 5.69 Å². The molecule has 0 amide bonds. The molecule has 0 bridgehead atoms. The van der Waals surface area contributed by atoms with Crippen molar-refractivity contribution < 1.29 is 4.92 Å². The van der Waals surface area contributed by atoms with Crippen molar-refractivity contribution >= 4 is 18.1 Å². The maximum absolute atomic E-state index is 10.8. The van der Waals surface area contributed by atoms with Gasteiger partial charge in [-0.1, -0.05) is 24.6 Å². The van der Waals surface area contributed by atoms with E-state index in [1.54, 1.807) is 18.2 Å². The highest BCUT2D eigenvalue weighted by molar-refractivity contribution is 5.85. The Bertz CT molecular complexity index is 380. The molecule has 0 aromatic heterocycles. The standard InChI is InChI=1S/C11H14N2O2.ClH/c12-11(8-4-3-5-8)9-6-1-2-7-10(9)13(14)15;/h1-2,6-8,11H,3-5,12H2;1H/t11-;/m0./s1. The highest BCUT2D eigenvalue weighted by Gasteiger charge is 2.29. The van der Waals surface area contributed by atoms with E-state index in [0.29, 0.717) is 11.5 Å². The average Bonchev–Trinajstić information content (AvgIpc) is 2.15. The second-order valence-electron chi connectivity index (χ2n) is 4.03. The van der Waals surface area contributed by atoms with Crippen LogP contribution in [0.25, 0.3) is 0 Å². The fourth-order valence-corrected chi connectivity index (χ4v) is 1.99. The third kappa shape index (κ3) is 2.33. The number of hydrogen-bond acceptors (Lipinski definition) is 3. The van der Waals surface area contributed by atoms with Crippen LogP contribution in [-0.2, 0) is 0 Å². The van der Waals surface area contributed by atoms with Gasteiger partial charge < -0.3 is 5.73 Å². The Morgan fingerprint density at radius 2 is 2.00 bits per heavy atom.